The van der Waals surface area contributed by atoms with Crippen LogP contribution < -0.4 is 15.8 Å². The maximum absolute atomic E-state index is 11.4. The van der Waals surface area contributed by atoms with E-state index in [4.69, 9.17) is 0 Å². The summed E-state index contributed by atoms with van der Waals surface area (Å²) in [5.41, 5.74) is -0.0693. The Labute approximate surface area is 107 Å². The molecule has 1 saturated carbocycles. The summed E-state index contributed by atoms with van der Waals surface area (Å²) in [7, 11) is 0. The summed E-state index contributed by atoms with van der Waals surface area (Å²) >= 11 is 0. The van der Waals surface area contributed by atoms with Crippen molar-refractivity contribution in [3.8, 4) is 0 Å². The first-order valence-corrected chi connectivity index (χ1v) is 6.84. The van der Waals surface area contributed by atoms with Crippen LogP contribution in [0, 0.1) is 5.92 Å². The Hall–Kier alpha value is -1.36. The summed E-state index contributed by atoms with van der Waals surface area (Å²) in [6.07, 6.45) is 6.62. The molecule has 2 heterocycles. The number of hydrogen-bond acceptors (Lipinski definition) is 4. The van der Waals surface area contributed by atoms with E-state index in [0.717, 1.165) is 31.4 Å². The highest BCUT2D eigenvalue weighted by Crippen LogP contribution is 2.31. The molecule has 1 aliphatic heterocycles. The highest BCUT2D eigenvalue weighted by atomic mass is 16.1. The fraction of sp³-hybridized carbons (Fsp3) is 0.692. The molecule has 0 amide bonds. The molecule has 18 heavy (non-hydrogen) atoms. The molecule has 0 aromatic carbocycles. The topological polar surface area (TPSA) is 61.0 Å². The molecule has 3 rings (SSSR count). The first-order valence-electron chi connectivity index (χ1n) is 6.84. The second-order valence-corrected chi connectivity index (χ2v) is 5.41. The molecular weight excluding hydrogens is 228 g/mol. The molecule has 0 spiro atoms. The van der Waals surface area contributed by atoms with Crippen LogP contribution in [-0.4, -0.2) is 35.6 Å². The number of H-pyrrole nitrogens is 1. The summed E-state index contributed by atoms with van der Waals surface area (Å²) in [5, 5.41) is 3.51. The Morgan fingerprint density at radius 1 is 1.33 bits per heavy atom. The fourth-order valence-corrected chi connectivity index (χ4v) is 2.58. The van der Waals surface area contributed by atoms with Crippen LogP contribution in [0.5, 0.6) is 0 Å². The highest BCUT2D eigenvalue weighted by Gasteiger charge is 2.27. The summed E-state index contributed by atoms with van der Waals surface area (Å²) in [6, 6.07) is 2.15. The van der Waals surface area contributed by atoms with Gasteiger partial charge in [0, 0.05) is 25.2 Å². The van der Waals surface area contributed by atoms with E-state index >= 15 is 0 Å². The van der Waals surface area contributed by atoms with Gasteiger partial charge >= 0.3 is 0 Å². The highest BCUT2D eigenvalue weighted by molar-refractivity contribution is 5.37. The molecule has 2 aliphatic rings. The second kappa shape index (κ2) is 5.10. The van der Waals surface area contributed by atoms with Gasteiger partial charge in [-0.25, -0.2) is 4.98 Å². The Morgan fingerprint density at radius 2 is 2.22 bits per heavy atom. The zero-order chi connectivity index (χ0) is 12.4. The minimum absolute atomic E-state index is 0.0693. The van der Waals surface area contributed by atoms with E-state index in [1.54, 1.807) is 6.07 Å². The van der Waals surface area contributed by atoms with Gasteiger partial charge in [-0.05, 0) is 38.1 Å². The molecule has 1 unspecified atom stereocenters. The summed E-state index contributed by atoms with van der Waals surface area (Å²) in [6.45, 7) is 3.12. The molecule has 1 aromatic rings. The molecule has 1 aromatic heterocycles. The molecule has 1 aliphatic carbocycles. The average molecular weight is 248 g/mol. The second-order valence-electron chi connectivity index (χ2n) is 5.41. The Balaban J connectivity index is 1.72. The van der Waals surface area contributed by atoms with Crippen LogP contribution in [0.2, 0.25) is 0 Å². The molecule has 1 atom stereocenters. The van der Waals surface area contributed by atoms with Crippen LogP contribution in [0.4, 0.5) is 5.82 Å². The average Bonchev–Trinajstić information content (AvgIpc) is 3.03. The van der Waals surface area contributed by atoms with Gasteiger partial charge in [0.2, 0.25) is 0 Å². The number of rotatable bonds is 5. The van der Waals surface area contributed by atoms with Gasteiger partial charge in [0.05, 0.1) is 6.33 Å². The van der Waals surface area contributed by atoms with Crippen molar-refractivity contribution in [2.45, 2.75) is 31.7 Å². The van der Waals surface area contributed by atoms with Gasteiger partial charge in [0.1, 0.15) is 5.82 Å². The molecule has 0 bridgehead atoms. The first kappa shape index (κ1) is 11.7. The number of nitrogens with one attached hydrogen (secondary N) is 2. The van der Waals surface area contributed by atoms with Crippen LogP contribution in [0.25, 0.3) is 0 Å². The van der Waals surface area contributed by atoms with Crippen molar-refractivity contribution in [2.24, 2.45) is 5.92 Å². The van der Waals surface area contributed by atoms with Crippen LogP contribution in [-0.2, 0) is 0 Å². The Bertz CT molecular complexity index is 448. The number of aromatic amines is 1. The Kier molecular flexibility index (Phi) is 3.32. The van der Waals surface area contributed by atoms with Crippen LogP contribution >= 0.6 is 0 Å². The molecule has 5 heteroatoms. The quantitative estimate of drug-likeness (QED) is 0.807. The van der Waals surface area contributed by atoms with Crippen molar-refractivity contribution >= 4 is 5.82 Å². The smallest absolute Gasteiger partial charge is 0.252 e. The molecule has 0 radical (unpaired) electrons. The predicted octanol–water partition coefficient (Wildman–Crippen LogP) is 0.738. The molecule has 5 nitrogen and oxygen atoms in total. The third kappa shape index (κ3) is 2.90. The minimum Gasteiger partial charge on any atom is -0.355 e. The van der Waals surface area contributed by atoms with Gasteiger partial charge in [-0.2, -0.15) is 0 Å². The monoisotopic (exact) mass is 248 g/mol. The van der Waals surface area contributed by atoms with Crippen molar-refractivity contribution in [3.63, 3.8) is 0 Å². The van der Waals surface area contributed by atoms with Gasteiger partial charge < -0.3 is 15.2 Å². The van der Waals surface area contributed by atoms with E-state index in [2.05, 4.69) is 20.2 Å². The number of hydrogen-bond donors (Lipinski definition) is 2. The normalized spacial score (nSPS) is 23.2. The molecule has 98 valence electrons. The van der Waals surface area contributed by atoms with Crippen LogP contribution in [0.1, 0.15) is 25.7 Å². The van der Waals surface area contributed by atoms with Gasteiger partial charge in [-0.15, -0.1) is 0 Å². The lowest BCUT2D eigenvalue weighted by Crippen LogP contribution is -2.39. The predicted molar refractivity (Wildman–Crippen MR) is 70.8 cm³/mol. The summed E-state index contributed by atoms with van der Waals surface area (Å²) < 4.78 is 0. The van der Waals surface area contributed by atoms with E-state index in [0.29, 0.717) is 6.04 Å². The van der Waals surface area contributed by atoms with E-state index in [-0.39, 0.29) is 5.56 Å². The molecule has 1 saturated heterocycles. The van der Waals surface area contributed by atoms with Gasteiger partial charge in [0.15, 0.2) is 0 Å². The zero-order valence-corrected chi connectivity index (χ0v) is 10.6. The van der Waals surface area contributed by atoms with Crippen LogP contribution in [0.15, 0.2) is 17.2 Å². The van der Waals surface area contributed by atoms with Gasteiger partial charge in [-0.1, -0.05) is 0 Å². The number of anilines is 1. The van der Waals surface area contributed by atoms with Gasteiger partial charge in [-0.3, -0.25) is 4.79 Å². The maximum atomic E-state index is 11.4. The number of aromatic nitrogens is 2. The van der Waals surface area contributed by atoms with Gasteiger partial charge in [0.25, 0.3) is 5.56 Å². The van der Waals surface area contributed by atoms with E-state index in [1.165, 1.54) is 32.0 Å². The maximum Gasteiger partial charge on any atom is 0.252 e. The van der Waals surface area contributed by atoms with E-state index in [9.17, 15) is 4.79 Å². The van der Waals surface area contributed by atoms with Crippen LogP contribution in [0.3, 0.4) is 0 Å². The summed E-state index contributed by atoms with van der Waals surface area (Å²) in [4.78, 5) is 20.6. The fourth-order valence-electron chi connectivity index (χ4n) is 2.58. The third-order valence-electron chi connectivity index (χ3n) is 3.77. The largest absolute Gasteiger partial charge is 0.355 e. The van der Waals surface area contributed by atoms with E-state index < -0.39 is 0 Å². The lowest BCUT2D eigenvalue weighted by molar-refractivity contribution is 0.566. The van der Waals surface area contributed by atoms with E-state index in [1.807, 2.05) is 0 Å². The summed E-state index contributed by atoms with van der Waals surface area (Å²) in [5.74, 6) is 1.62. The third-order valence-corrected chi connectivity index (χ3v) is 3.77. The standard InChI is InChI=1S/C13H20N4O/c18-13-6-12(15-9-16-13)17(7-10-3-4-10)8-11-2-1-5-14-11/h6,9-11,14H,1-5,7-8H2,(H,15,16,18). The molecular formula is C13H20N4O. The van der Waals surface area contributed by atoms with Crippen molar-refractivity contribution < 1.29 is 0 Å². The first-order chi connectivity index (χ1) is 8.81. The van der Waals surface area contributed by atoms with Crippen molar-refractivity contribution in [1.82, 2.24) is 15.3 Å². The van der Waals surface area contributed by atoms with Crippen molar-refractivity contribution in [3.05, 3.63) is 22.7 Å². The lowest BCUT2D eigenvalue weighted by Gasteiger charge is -2.26. The molecule has 2 N–H and O–H groups in total. The minimum atomic E-state index is -0.0693. The zero-order valence-electron chi connectivity index (χ0n) is 10.6. The number of nitrogens with zero attached hydrogens (tertiary/aromatic N) is 2. The SMILES string of the molecule is O=c1cc(N(CC2CC2)CC2CCCN2)nc[nH]1. The van der Waals surface area contributed by atoms with Crippen molar-refractivity contribution in [2.75, 3.05) is 24.5 Å². The van der Waals surface area contributed by atoms with Crippen molar-refractivity contribution in [1.29, 1.82) is 0 Å². The molecule has 2 fully saturated rings. The Morgan fingerprint density at radius 3 is 2.89 bits per heavy atom. The lowest BCUT2D eigenvalue weighted by atomic mass is 10.2.